The molecule has 0 aliphatic carbocycles. The Kier molecular flexibility index (Phi) is 23.4. The van der Waals surface area contributed by atoms with Crippen LogP contribution in [0.3, 0.4) is 0 Å². The Bertz CT molecular complexity index is 3080. The molecular weight excluding hydrogens is 1030 g/mol. The molecule has 21 heteroatoms. The summed E-state index contributed by atoms with van der Waals surface area (Å²) in [6.45, 7) is 2.75. The zero-order valence-electron chi connectivity index (χ0n) is 44.2. The summed E-state index contributed by atoms with van der Waals surface area (Å²) in [5, 5.41) is 6.63. The standard InChI is InChI=1S/C34H41N5O4.C24H26N6O3.ClH.HNO/c40-28(29-15-7-10-22-42-29)14-6-1-2-9-21-41-27-19-17-26(18-20-27)36-34-37-31(25-12-4-3-5-13-25)32-33(38-34)39(24-35-32)30-16-8-11-23-43-30;25-33-20(31)10-6-1-2-7-15-32-19-13-11-18(12-14-19)28-24-29-21(17-8-4-3-5-9-17)22-23(30-24)27-16-26-22;;1-2/h3-5,12-13,17-20,24,29-30H,1-2,6-11,14-16,21-23H2,(H,36,37,38);3-5,8-9,11-14,16H,1-2,6-7,10,15,25H2,(H2,26,27,28,29,30);1H;1H. The van der Waals surface area contributed by atoms with E-state index in [4.69, 9.17) is 49.7 Å². The minimum Gasteiger partial charge on any atom is -0.494 e. The van der Waals surface area contributed by atoms with E-state index in [1.165, 1.54) is 0 Å². The Balaban J connectivity index is 0.000000226. The molecular formula is C58H69ClN12O8. The Morgan fingerprint density at radius 2 is 1.19 bits per heavy atom. The minimum absolute atomic E-state index is 0. The molecule has 10 rings (SSSR count). The van der Waals surface area contributed by atoms with Crippen LogP contribution in [0.1, 0.15) is 109 Å². The van der Waals surface area contributed by atoms with E-state index in [-0.39, 0.29) is 36.5 Å². The first-order valence-corrected chi connectivity index (χ1v) is 26.9. The summed E-state index contributed by atoms with van der Waals surface area (Å²) < 4.78 is 25.5. The second kappa shape index (κ2) is 31.5. The number of carbonyl (C=O) groups excluding carboxylic acids is 2. The van der Waals surface area contributed by atoms with E-state index >= 15 is 0 Å². The van der Waals surface area contributed by atoms with Crippen LogP contribution in [0.15, 0.2) is 122 Å². The van der Waals surface area contributed by atoms with Crippen molar-refractivity contribution in [2.24, 2.45) is 5.90 Å². The van der Waals surface area contributed by atoms with E-state index in [1.54, 1.807) is 6.33 Å². The predicted octanol–water partition coefficient (Wildman–Crippen LogP) is 12.7. The molecule has 6 heterocycles. The lowest BCUT2D eigenvalue weighted by Crippen LogP contribution is -2.27. The number of H-pyrrole nitrogens is 1. The average molecular weight is 1100 g/mol. The number of halogens is 1. The van der Waals surface area contributed by atoms with E-state index in [9.17, 15) is 9.59 Å². The fourth-order valence-corrected chi connectivity index (χ4v) is 9.22. The van der Waals surface area contributed by atoms with Crippen LogP contribution in [0, 0.1) is 10.5 Å². The number of hydrogen-bond acceptors (Lipinski definition) is 18. The van der Waals surface area contributed by atoms with Gasteiger partial charge in [-0.25, -0.2) is 19.9 Å². The highest BCUT2D eigenvalue weighted by Crippen LogP contribution is 2.32. The lowest BCUT2D eigenvalue weighted by Gasteiger charge is -2.23. The van der Waals surface area contributed by atoms with Gasteiger partial charge in [0.2, 0.25) is 11.9 Å². The van der Waals surface area contributed by atoms with Crippen LogP contribution in [0.25, 0.3) is 44.8 Å². The largest absolute Gasteiger partial charge is 0.494 e. The number of benzene rings is 4. The predicted molar refractivity (Wildman–Crippen MR) is 306 cm³/mol. The Morgan fingerprint density at radius 1 is 0.633 bits per heavy atom. The van der Waals surface area contributed by atoms with Gasteiger partial charge in [0.25, 0.3) is 0 Å². The SMILES string of the molecule is Cl.N=O.NOC(=O)CCCCCCOc1ccc(Nc2nc(-c3ccccc3)c3[nH]cnc3n2)cc1.O=C(CCCCCCOc1ccc(Nc2nc(-c3ccccc3)c3ncn(C4CCCCO4)c3n2)cc1)C1CCCCO1. The molecule has 0 spiro atoms. The molecule has 0 amide bonds. The van der Waals surface area contributed by atoms with Crippen LogP contribution in [-0.4, -0.2) is 83.7 Å². The van der Waals surface area contributed by atoms with Crippen molar-refractivity contribution in [1.29, 1.82) is 5.59 Å². The zero-order chi connectivity index (χ0) is 54.2. The molecule has 2 unspecified atom stereocenters. The van der Waals surface area contributed by atoms with Gasteiger partial charge in [-0.15, -0.1) is 12.4 Å². The first-order valence-electron chi connectivity index (χ1n) is 26.9. The molecule has 79 heavy (non-hydrogen) atoms. The Labute approximate surface area is 465 Å². The maximum absolute atomic E-state index is 12.3. The second-order valence-electron chi connectivity index (χ2n) is 18.9. The molecule has 2 atom stereocenters. The number of nitrogens with one attached hydrogen (secondary N) is 4. The lowest BCUT2D eigenvalue weighted by atomic mass is 10.0. The smallest absolute Gasteiger partial charge is 0.324 e. The fourth-order valence-electron chi connectivity index (χ4n) is 9.22. The highest BCUT2D eigenvalue weighted by molar-refractivity contribution is 5.89. The number of carbonyl (C=O) groups is 2. The number of aromatic amines is 1. The molecule has 8 aromatic rings. The monoisotopic (exact) mass is 1100 g/mol. The van der Waals surface area contributed by atoms with Gasteiger partial charge in [-0.05, 0) is 113 Å². The molecule has 2 saturated heterocycles. The lowest BCUT2D eigenvalue weighted by molar-refractivity contribution is -0.144. The summed E-state index contributed by atoms with van der Waals surface area (Å²) in [5.74, 6) is 7.31. The van der Waals surface area contributed by atoms with Crippen LogP contribution < -0.4 is 26.0 Å². The van der Waals surface area contributed by atoms with Crippen molar-refractivity contribution in [3.8, 4) is 34.0 Å². The fraction of sp³-hybridized carbons (Fsp3) is 0.379. The number of aromatic nitrogens is 8. The molecule has 2 fully saturated rings. The minimum atomic E-state index is -0.370. The van der Waals surface area contributed by atoms with Crippen molar-refractivity contribution < 1.29 is 33.4 Å². The molecule has 0 bridgehead atoms. The molecule has 2 aliphatic heterocycles. The molecule has 4 aromatic carbocycles. The van der Waals surface area contributed by atoms with Crippen LogP contribution >= 0.6 is 12.4 Å². The summed E-state index contributed by atoms with van der Waals surface area (Å²) in [7, 11) is 0. The number of anilines is 4. The van der Waals surface area contributed by atoms with Crippen molar-refractivity contribution in [2.75, 3.05) is 37.1 Å². The van der Waals surface area contributed by atoms with Crippen LogP contribution in [0.5, 0.6) is 11.5 Å². The number of nitrogens with zero attached hydrogens (tertiary/aromatic N) is 7. The average Bonchev–Trinajstić information content (AvgIpc) is 4.30. The quantitative estimate of drug-likeness (QED) is 0.0214. The Morgan fingerprint density at radius 3 is 1.77 bits per heavy atom. The van der Waals surface area contributed by atoms with E-state index in [1.807, 2.05) is 120 Å². The van der Waals surface area contributed by atoms with Gasteiger partial charge in [-0.2, -0.15) is 20.8 Å². The maximum atomic E-state index is 12.3. The van der Waals surface area contributed by atoms with Gasteiger partial charge in [0.05, 0.1) is 25.9 Å². The van der Waals surface area contributed by atoms with Crippen molar-refractivity contribution in [1.82, 2.24) is 39.5 Å². The number of ketones is 1. The topological polar surface area (TPSA) is 269 Å². The van der Waals surface area contributed by atoms with E-state index < -0.39 is 0 Å². The Hall–Kier alpha value is -7.91. The third-order valence-electron chi connectivity index (χ3n) is 13.3. The van der Waals surface area contributed by atoms with Gasteiger partial charge in [0.1, 0.15) is 46.3 Å². The van der Waals surface area contributed by atoms with Crippen LogP contribution in [0.4, 0.5) is 23.3 Å². The molecule has 0 radical (unpaired) electrons. The van der Waals surface area contributed by atoms with Gasteiger partial charge in [0, 0.05) is 48.6 Å². The van der Waals surface area contributed by atoms with Gasteiger partial charge in [-0.1, -0.05) is 91.9 Å². The number of Topliss-reactive ketones (excluding diaryl/α,β-unsaturated/α-hetero) is 1. The third-order valence-corrected chi connectivity index (χ3v) is 13.3. The number of imidazole rings is 2. The number of fused-ring (bicyclic) bond motifs is 2. The highest BCUT2D eigenvalue weighted by atomic mass is 35.5. The van der Waals surface area contributed by atoms with Crippen molar-refractivity contribution in [2.45, 2.75) is 115 Å². The zero-order valence-corrected chi connectivity index (χ0v) is 45.0. The van der Waals surface area contributed by atoms with E-state index in [0.717, 1.165) is 165 Å². The molecule has 4 aromatic heterocycles. The van der Waals surface area contributed by atoms with Gasteiger partial charge >= 0.3 is 5.97 Å². The van der Waals surface area contributed by atoms with E-state index in [0.29, 0.717) is 43.6 Å². The molecule has 0 saturated carbocycles. The van der Waals surface area contributed by atoms with Crippen LogP contribution in [0.2, 0.25) is 0 Å². The van der Waals surface area contributed by atoms with Crippen molar-refractivity contribution in [3.63, 3.8) is 0 Å². The van der Waals surface area contributed by atoms with Crippen LogP contribution in [-0.2, 0) is 23.9 Å². The van der Waals surface area contributed by atoms with Gasteiger partial charge in [-0.3, -0.25) is 14.2 Å². The van der Waals surface area contributed by atoms with Crippen molar-refractivity contribution in [3.05, 3.63) is 127 Å². The van der Waals surface area contributed by atoms with Crippen molar-refractivity contribution >= 4 is 69.8 Å². The second-order valence-corrected chi connectivity index (χ2v) is 18.9. The third kappa shape index (κ3) is 17.3. The first kappa shape index (κ1) is 58.8. The molecule has 6 N–H and O–H groups in total. The number of nitroso groups, excluding NO2 is 1. The highest BCUT2D eigenvalue weighted by Gasteiger charge is 2.23. The normalized spacial score (nSPS) is 14.8. The summed E-state index contributed by atoms with van der Waals surface area (Å²) in [4.78, 5) is 65.9. The molecule has 416 valence electrons. The summed E-state index contributed by atoms with van der Waals surface area (Å²) in [6, 6.07) is 35.6. The maximum Gasteiger partial charge on any atom is 0.324 e. The number of hydrogen-bond donors (Lipinski definition) is 5. The number of unbranched alkanes of at least 4 members (excludes halogenated alkanes) is 6. The summed E-state index contributed by atoms with van der Waals surface area (Å²) in [5.41, 5.74) is 12.7. The molecule has 20 nitrogen and oxygen atoms in total. The van der Waals surface area contributed by atoms with Gasteiger partial charge in [0.15, 0.2) is 17.1 Å². The van der Waals surface area contributed by atoms with Gasteiger partial charge < -0.3 is 39.4 Å². The number of ether oxygens (including phenoxy) is 4. The molecule has 2 aliphatic rings. The first-order chi connectivity index (χ1) is 38.5. The summed E-state index contributed by atoms with van der Waals surface area (Å²) in [6.07, 6.45) is 18.0. The van der Waals surface area contributed by atoms with E-state index in [2.05, 4.69) is 36.0 Å². The summed E-state index contributed by atoms with van der Waals surface area (Å²) >= 11 is 0. The number of nitrogens with two attached hydrogens (primary N) is 1. The number of rotatable bonds is 24.